The number of nitrogen functional groups attached to an aromatic ring is 1. The highest BCUT2D eigenvalue weighted by Gasteiger charge is 2.17. The average molecular weight is 333 g/mol. The number of hydrogen-bond donors (Lipinski definition) is 2. The first-order valence-electron chi connectivity index (χ1n) is 8.08. The molecule has 0 amide bonds. The lowest BCUT2D eigenvalue weighted by atomic mass is 9.99. The minimum Gasteiger partial charge on any atom is -0.508 e. The zero-order valence-electron chi connectivity index (χ0n) is 14.2. The van der Waals surface area contributed by atoms with E-state index in [-0.39, 0.29) is 11.6 Å². The summed E-state index contributed by atoms with van der Waals surface area (Å²) in [6.45, 7) is 4.82. The minimum atomic E-state index is 0.183. The molecule has 1 aromatic carbocycles. The van der Waals surface area contributed by atoms with Gasteiger partial charge in [0, 0.05) is 29.4 Å². The van der Waals surface area contributed by atoms with Gasteiger partial charge in [0.25, 0.3) is 0 Å². The number of aromatic nitrogens is 3. The fraction of sp³-hybridized carbons (Fsp3) is 0.211. The first-order valence-corrected chi connectivity index (χ1v) is 8.08. The molecule has 0 radical (unpaired) electrons. The van der Waals surface area contributed by atoms with Crippen LogP contribution in [0, 0.1) is 18.3 Å². The van der Waals surface area contributed by atoms with Crippen molar-refractivity contribution >= 4 is 5.82 Å². The number of nitrogens with zero attached hydrogens (tertiary/aromatic N) is 4. The van der Waals surface area contributed by atoms with Crippen LogP contribution >= 0.6 is 0 Å². The van der Waals surface area contributed by atoms with Gasteiger partial charge in [-0.3, -0.25) is 4.68 Å². The molecule has 2 aromatic heterocycles. The summed E-state index contributed by atoms with van der Waals surface area (Å²) in [6.07, 6.45) is 2.91. The average Bonchev–Trinajstić information content (AvgIpc) is 2.95. The van der Waals surface area contributed by atoms with Crippen molar-refractivity contribution < 1.29 is 5.11 Å². The van der Waals surface area contributed by atoms with Crippen LogP contribution in [0.1, 0.15) is 24.6 Å². The summed E-state index contributed by atoms with van der Waals surface area (Å²) in [5.41, 5.74) is 10.3. The number of benzene rings is 1. The molecule has 0 saturated carbocycles. The molecule has 0 bridgehead atoms. The lowest BCUT2D eigenvalue weighted by Gasteiger charge is -2.09. The van der Waals surface area contributed by atoms with Crippen LogP contribution in [0.25, 0.3) is 22.4 Å². The molecule has 6 heteroatoms. The second kappa shape index (κ2) is 6.65. The largest absolute Gasteiger partial charge is 0.508 e. The van der Waals surface area contributed by atoms with Gasteiger partial charge in [0.05, 0.1) is 11.4 Å². The van der Waals surface area contributed by atoms with E-state index in [0.29, 0.717) is 11.3 Å². The normalized spacial score (nSPS) is 10.6. The molecule has 0 fully saturated rings. The fourth-order valence-corrected chi connectivity index (χ4v) is 2.80. The van der Waals surface area contributed by atoms with Crippen molar-refractivity contribution in [2.45, 2.75) is 26.8 Å². The Morgan fingerprint density at radius 2 is 1.96 bits per heavy atom. The molecule has 6 nitrogen and oxygen atoms in total. The number of phenols is 1. The monoisotopic (exact) mass is 333 g/mol. The fourth-order valence-electron chi connectivity index (χ4n) is 2.80. The molecule has 0 aliphatic rings. The number of hydrogen-bond acceptors (Lipinski definition) is 5. The predicted molar refractivity (Wildman–Crippen MR) is 96.7 cm³/mol. The molecule has 0 aliphatic carbocycles. The minimum absolute atomic E-state index is 0.183. The first kappa shape index (κ1) is 16.5. The zero-order valence-corrected chi connectivity index (χ0v) is 14.2. The van der Waals surface area contributed by atoms with Gasteiger partial charge in [-0.05, 0) is 43.7 Å². The number of aromatic hydroxyl groups is 1. The Hall–Kier alpha value is -3.33. The Kier molecular flexibility index (Phi) is 4.40. The summed E-state index contributed by atoms with van der Waals surface area (Å²) in [5.74, 6) is 0.369. The number of anilines is 1. The van der Waals surface area contributed by atoms with E-state index in [1.165, 1.54) is 0 Å². The van der Waals surface area contributed by atoms with Crippen molar-refractivity contribution in [3.63, 3.8) is 0 Å². The lowest BCUT2D eigenvalue weighted by Crippen LogP contribution is -2.00. The molecule has 0 unspecified atom stereocenters. The molecular weight excluding hydrogens is 314 g/mol. The number of phenolic OH excluding ortho intramolecular Hbond substituents is 1. The number of aryl methyl sites for hydroxylation is 2. The van der Waals surface area contributed by atoms with Gasteiger partial charge in [-0.1, -0.05) is 6.92 Å². The van der Waals surface area contributed by atoms with Crippen LogP contribution in [0.5, 0.6) is 5.75 Å². The molecule has 0 saturated heterocycles. The smallest absolute Gasteiger partial charge is 0.142 e. The highest BCUT2D eigenvalue weighted by atomic mass is 16.3. The van der Waals surface area contributed by atoms with Gasteiger partial charge >= 0.3 is 0 Å². The van der Waals surface area contributed by atoms with E-state index in [2.05, 4.69) is 23.1 Å². The van der Waals surface area contributed by atoms with Gasteiger partial charge in [-0.15, -0.1) is 0 Å². The van der Waals surface area contributed by atoms with Gasteiger partial charge in [0.1, 0.15) is 23.2 Å². The maximum absolute atomic E-state index is 9.53. The van der Waals surface area contributed by atoms with Crippen LogP contribution in [-0.2, 0) is 6.54 Å². The number of rotatable bonds is 4. The Labute approximate surface area is 146 Å². The zero-order chi connectivity index (χ0) is 18.0. The Morgan fingerprint density at radius 1 is 1.24 bits per heavy atom. The third kappa shape index (κ3) is 3.17. The van der Waals surface area contributed by atoms with Crippen molar-refractivity contribution in [3.8, 4) is 34.2 Å². The summed E-state index contributed by atoms with van der Waals surface area (Å²) in [4.78, 5) is 4.35. The van der Waals surface area contributed by atoms with E-state index in [0.717, 1.165) is 35.3 Å². The van der Waals surface area contributed by atoms with E-state index in [4.69, 9.17) is 5.73 Å². The molecule has 0 spiro atoms. The third-order valence-corrected chi connectivity index (χ3v) is 4.01. The second-order valence-corrected chi connectivity index (χ2v) is 5.87. The van der Waals surface area contributed by atoms with E-state index in [1.54, 1.807) is 24.3 Å². The van der Waals surface area contributed by atoms with E-state index in [1.807, 2.05) is 23.9 Å². The van der Waals surface area contributed by atoms with Crippen LogP contribution < -0.4 is 5.73 Å². The van der Waals surface area contributed by atoms with Crippen molar-refractivity contribution in [2.24, 2.45) is 0 Å². The summed E-state index contributed by atoms with van der Waals surface area (Å²) < 4.78 is 1.88. The topological polar surface area (TPSA) is 101 Å². The number of pyridine rings is 1. The van der Waals surface area contributed by atoms with Crippen LogP contribution in [0.2, 0.25) is 0 Å². The Bertz CT molecular complexity index is 951. The molecule has 3 N–H and O–H groups in total. The van der Waals surface area contributed by atoms with Crippen molar-refractivity contribution in [1.29, 1.82) is 5.26 Å². The van der Waals surface area contributed by atoms with Crippen LogP contribution in [-0.4, -0.2) is 19.9 Å². The maximum atomic E-state index is 9.53. The molecule has 3 aromatic rings. The molecular formula is C19H19N5O. The van der Waals surface area contributed by atoms with Gasteiger partial charge in [0.2, 0.25) is 0 Å². The highest BCUT2D eigenvalue weighted by molar-refractivity contribution is 5.80. The summed E-state index contributed by atoms with van der Waals surface area (Å²) in [7, 11) is 0. The molecule has 126 valence electrons. The van der Waals surface area contributed by atoms with E-state index in [9.17, 15) is 10.4 Å². The maximum Gasteiger partial charge on any atom is 0.142 e. The summed E-state index contributed by atoms with van der Waals surface area (Å²) in [6, 6.07) is 10.7. The lowest BCUT2D eigenvalue weighted by molar-refractivity contribution is 0.475. The molecule has 0 aliphatic heterocycles. The quantitative estimate of drug-likeness (QED) is 0.761. The van der Waals surface area contributed by atoms with Gasteiger partial charge in [-0.2, -0.15) is 10.4 Å². The van der Waals surface area contributed by atoms with Gasteiger partial charge in [0.15, 0.2) is 0 Å². The number of nitriles is 1. The predicted octanol–water partition coefficient (Wildman–Crippen LogP) is 3.49. The Morgan fingerprint density at radius 3 is 2.60 bits per heavy atom. The first-order chi connectivity index (χ1) is 12.0. The Balaban J connectivity index is 2.18. The van der Waals surface area contributed by atoms with E-state index < -0.39 is 0 Å². The molecule has 3 rings (SSSR count). The van der Waals surface area contributed by atoms with Crippen molar-refractivity contribution in [2.75, 3.05) is 5.73 Å². The van der Waals surface area contributed by atoms with Crippen LogP contribution in [0.3, 0.4) is 0 Å². The SMILES string of the molecule is CCCn1cc(-c2cc(-c3ccc(O)cc3)nc(N)c2C#N)c(C)n1. The third-order valence-electron chi connectivity index (χ3n) is 4.01. The van der Waals surface area contributed by atoms with Gasteiger partial charge in [-0.25, -0.2) is 4.98 Å². The molecule has 0 atom stereocenters. The van der Waals surface area contributed by atoms with Crippen LogP contribution in [0.4, 0.5) is 5.82 Å². The van der Waals surface area contributed by atoms with E-state index >= 15 is 0 Å². The highest BCUT2D eigenvalue weighted by Crippen LogP contribution is 2.33. The van der Waals surface area contributed by atoms with Gasteiger partial charge < -0.3 is 10.8 Å². The van der Waals surface area contributed by atoms with Crippen LogP contribution in [0.15, 0.2) is 36.5 Å². The standard InChI is InChI=1S/C19H19N5O/c1-3-8-24-11-17(12(2)23-24)15-9-18(22-19(21)16(15)10-20)13-4-6-14(25)7-5-13/h4-7,9,11,25H,3,8H2,1-2H3,(H2,21,22). The van der Waals surface area contributed by atoms with Crippen molar-refractivity contribution in [1.82, 2.24) is 14.8 Å². The molecule has 2 heterocycles. The summed E-state index contributed by atoms with van der Waals surface area (Å²) in [5, 5.41) is 23.5. The summed E-state index contributed by atoms with van der Waals surface area (Å²) >= 11 is 0. The number of nitrogens with two attached hydrogens (primary N) is 1. The second-order valence-electron chi connectivity index (χ2n) is 5.87. The molecule has 25 heavy (non-hydrogen) atoms. The van der Waals surface area contributed by atoms with Crippen molar-refractivity contribution in [3.05, 3.63) is 47.8 Å².